The van der Waals surface area contributed by atoms with Gasteiger partial charge in [-0.2, -0.15) is 9.78 Å². The third-order valence-corrected chi connectivity index (χ3v) is 6.89. The lowest BCUT2D eigenvalue weighted by Gasteiger charge is -2.14. The lowest BCUT2D eigenvalue weighted by Crippen LogP contribution is -2.24. The van der Waals surface area contributed by atoms with Crippen molar-refractivity contribution < 1.29 is 18.8 Å². The number of ether oxygens (including phenoxy) is 1. The van der Waals surface area contributed by atoms with Crippen LogP contribution < -0.4 is 15.6 Å². The molecule has 1 heterocycles. The number of amides is 1. The maximum absolute atomic E-state index is 13.4. The van der Waals surface area contributed by atoms with Crippen molar-refractivity contribution in [3.05, 3.63) is 101 Å². The minimum absolute atomic E-state index is 0.124. The summed E-state index contributed by atoms with van der Waals surface area (Å²) in [5, 5.41) is 19.1. The van der Waals surface area contributed by atoms with Gasteiger partial charge < -0.3 is 10.1 Å². The maximum Gasteiger partial charge on any atom is 0.312 e. The van der Waals surface area contributed by atoms with Gasteiger partial charge in [-0.05, 0) is 55.0 Å². The number of nitrogens with zero attached hydrogens (tertiary/aromatic N) is 4. The molecule has 0 saturated heterocycles. The number of carbonyl (C=O) groups is 1. The topological polar surface area (TPSA) is 129 Å². The predicted octanol–water partition coefficient (Wildman–Crippen LogP) is 6.38. The highest BCUT2D eigenvalue weighted by atomic mass is 79.9. The van der Waals surface area contributed by atoms with Crippen LogP contribution >= 0.6 is 31.9 Å². The van der Waals surface area contributed by atoms with Crippen molar-refractivity contribution in [1.82, 2.24) is 9.66 Å². The normalized spacial score (nSPS) is 12.0. The van der Waals surface area contributed by atoms with Gasteiger partial charge in [0, 0.05) is 32.2 Å². The number of nitro groups is 1. The molecule has 1 N–H and O–H groups in total. The molecule has 0 saturated carbocycles. The number of benzene rings is 3. The van der Waals surface area contributed by atoms with Crippen molar-refractivity contribution >= 4 is 66.3 Å². The third kappa shape index (κ3) is 6.59. The van der Waals surface area contributed by atoms with E-state index < -0.39 is 34.5 Å². The largest absolute Gasteiger partial charge is 0.476 e. The van der Waals surface area contributed by atoms with Crippen LogP contribution in [0.4, 0.5) is 15.8 Å². The van der Waals surface area contributed by atoms with Crippen molar-refractivity contribution in [3.63, 3.8) is 0 Å². The number of hydrogen-bond acceptors (Lipinski definition) is 7. The Labute approximate surface area is 244 Å². The molecular weight excluding hydrogens is 653 g/mol. The first-order valence-corrected chi connectivity index (χ1v) is 13.6. The van der Waals surface area contributed by atoms with E-state index in [0.717, 1.165) is 0 Å². The lowest BCUT2D eigenvalue weighted by atomic mass is 10.1. The fourth-order valence-electron chi connectivity index (χ4n) is 3.76. The highest BCUT2D eigenvalue weighted by molar-refractivity contribution is 9.10. The molecule has 0 aliphatic rings. The van der Waals surface area contributed by atoms with Gasteiger partial charge in [0.1, 0.15) is 11.6 Å². The maximum atomic E-state index is 13.4. The number of nitrogens with one attached hydrogen (secondary N) is 1. The van der Waals surface area contributed by atoms with Crippen molar-refractivity contribution in [2.75, 3.05) is 11.9 Å². The Morgan fingerprint density at radius 3 is 2.60 bits per heavy atom. The van der Waals surface area contributed by atoms with Gasteiger partial charge in [-0.15, -0.1) is 0 Å². The van der Waals surface area contributed by atoms with Gasteiger partial charge >= 0.3 is 5.69 Å². The lowest BCUT2D eigenvalue weighted by molar-refractivity contribution is -0.385. The van der Waals surface area contributed by atoms with Gasteiger partial charge in [0.05, 0.1) is 22.0 Å². The van der Waals surface area contributed by atoms with Gasteiger partial charge in [-0.25, -0.2) is 9.37 Å². The summed E-state index contributed by atoms with van der Waals surface area (Å²) in [5.41, 5.74) is 0.162. The van der Waals surface area contributed by atoms with E-state index in [1.54, 1.807) is 18.2 Å². The van der Waals surface area contributed by atoms with E-state index in [1.807, 2.05) is 13.8 Å². The Hall–Kier alpha value is -3.97. The molecule has 1 atom stereocenters. The minimum Gasteiger partial charge on any atom is -0.476 e. The molecule has 206 valence electrons. The van der Waals surface area contributed by atoms with Crippen LogP contribution in [-0.2, 0) is 4.79 Å². The molecule has 0 spiro atoms. The second-order valence-electron chi connectivity index (χ2n) is 8.75. The van der Waals surface area contributed by atoms with E-state index in [-0.39, 0.29) is 17.2 Å². The van der Waals surface area contributed by atoms with Crippen LogP contribution in [0.15, 0.2) is 73.4 Å². The standard InChI is InChI=1S/C27H22Br2FN5O5/c1-3-15(2)26-33-22-9-4-17(28)11-21(22)27(37)34(26)31-13-16-10-18(29)12-23(35(38)39)25(16)40-14-24(36)32-20-7-5-19(30)6-8-20/h4-13,15H,3,14H2,1-2H3,(H,32,36)/t15-/m1/s1. The second-order valence-corrected chi connectivity index (χ2v) is 10.6. The van der Waals surface area contributed by atoms with Crippen LogP contribution in [0.2, 0.25) is 0 Å². The minimum atomic E-state index is -0.652. The fourth-order valence-corrected chi connectivity index (χ4v) is 4.58. The van der Waals surface area contributed by atoms with E-state index in [9.17, 15) is 24.1 Å². The van der Waals surface area contributed by atoms with Crippen LogP contribution in [0, 0.1) is 15.9 Å². The SMILES string of the molecule is CC[C@@H](C)c1nc2ccc(Br)cc2c(=O)n1N=Cc1cc(Br)cc([N+](=O)[O-])c1OCC(=O)Nc1ccc(F)cc1. The van der Waals surface area contributed by atoms with Crippen LogP contribution in [0.3, 0.4) is 0 Å². The Kier molecular flexibility index (Phi) is 9.05. The quantitative estimate of drug-likeness (QED) is 0.125. The fraction of sp³-hybridized carbons (Fsp3) is 0.185. The molecule has 0 aliphatic carbocycles. The molecule has 40 heavy (non-hydrogen) atoms. The molecule has 0 radical (unpaired) electrons. The highest BCUT2D eigenvalue weighted by Crippen LogP contribution is 2.34. The Morgan fingerprint density at radius 2 is 1.93 bits per heavy atom. The van der Waals surface area contributed by atoms with Crippen molar-refractivity contribution in [3.8, 4) is 5.75 Å². The van der Waals surface area contributed by atoms with Gasteiger partial charge in [0.2, 0.25) is 5.75 Å². The number of anilines is 1. The van der Waals surface area contributed by atoms with E-state index in [0.29, 0.717) is 37.8 Å². The number of nitro benzene ring substituents is 1. The number of aromatic nitrogens is 2. The summed E-state index contributed by atoms with van der Waals surface area (Å²) in [6, 6.07) is 13.0. The third-order valence-electron chi connectivity index (χ3n) is 5.93. The molecule has 0 aliphatic heterocycles. The molecule has 0 unspecified atom stereocenters. The average Bonchev–Trinajstić information content (AvgIpc) is 2.92. The smallest absolute Gasteiger partial charge is 0.312 e. The van der Waals surface area contributed by atoms with Crippen LogP contribution in [0.5, 0.6) is 5.75 Å². The first kappa shape index (κ1) is 29.0. The zero-order valence-corrected chi connectivity index (χ0v) is 24.4. The Bertz CT molecular complexity index is 1690. The first-order chi connectivity index (χ1) is 19.1. The molecule has 3 aromatic carbocycles. The number of rotatable bonds is 9. The zero-order valence-electron chi connectivity index (χ0n) is 21.2. The number of carbonyl (C=O) groups excluding carboxylic acids is 1. The van der Waals surface area contributed by atoms with Gasteiger partial charge in [-0.3, -0.25) is 19.7 Å². The van der Waals surface area contributed by atoms with Gasteiger partial charge in [0.25, 0.3) is 11.5 Å². The van der Waals surface area contributed by atoms with Gasteiger partial charge in [-0.1, -0.05) is 45.7 Å². The van der Waals surface area contributed by atoms with E-state index >= 15 is 0 Å². The average molecular weight is 675 g/mol. The molecule has 4 rings (SSSR count). The summed E-state index contributed by atoms with van der Waals surface area (Å²) < 4.78 is 21.0. The number of fused-ring (bicyclic) bond motifs is 1. The molecule has 13 heteroatoms. The number of hydrogen-bond donors (Lipinski definition) is 1. The molecule has 10 nitrogen and oxygen atoms in total. The van der Waals surface area contributed by atoms with Crippen molar-refractivity contribution in [2.24, 2.45) is 5.10 Å². The van der Waals surface area contributed by atoms with Crippen molar-refractivity contribution in [1.29, 1.82) is 0 Å². The van der Waals surface area contributed by atoms with E-state index in [4.69, 9.17) is 4.74 Å². The van der Waals surface area contributed by atoms with Crippen LogP contribution in [0.25, 0.3) is 10.9 Å². The molecular formula is C27H22Br2FN5O5. The van der Waals surface area contributed by atoms with Gasteiger partial charge in [0.15, 0.2) is 6.61 Å². The monoisotopic (exact) mass is 673 g/mol. The second kappa shape index (κ2) is 12.5. The van der Waals surface area contributed by atoms with Crippen LogP contribution in [0.1, 0.15) is 37.6 Å². The Morgan fingerprint density at radius 1 is 1.20 bits per heavy atom. The summed E-state index contributed by atoms with van der Waals surface area (Å²) in [7, 11) is 0. The summed E-state index contributed by atoms with van der Waals surface area (Å²) in [6.07, 6.45) is 1.94. The number of halogens is 3. The Balaban J connectivity index is 1.74. The molecule has 0 bridgehead atoms. The summed E-state index contributed by atoms with van der Waals surface area (Å²) >= 11 is 6.63. The zero-order chi connectivity index (χ0) is 29.0. The molecule has 4 aromatic rings. The predicted molar refractivity (Wildman–Crippen MR) is 157 cm³/mol. The van der Waals surface area contributed by atoms with E-state index in [2.05, 4.69) is 47.3 Å². The summed E-state index contributed by atoms with van der Waals surface area (Å²) in [6.45, 7) is 3.29. The van der Waals surface area contributed by atoms with Crippen molar-refractivity contribution in [2.45, 2.75) is 26.2 Å². The van der Waals surface area contributed by atoms with E-state index in [1.165, 1.54) is 47.3 Å². The summed E-state index contributed by atoms with van der Waals surface area (Å²) in [5.74, 6) is -1.01. The molecule has 1 amide bonds. The highest BCUT2D eigenvalue weighted by Gasteiger charge is 2.22. The molecule has 1 aromatic heterocycles. The molecule has 0 fully saturated rings. The van der Waals surface area contributed by atoms with Crippen LogP contribution in [-0.4, -0.2) is 33.3 Å². The first-order valence-electron chi connectivity index (χ1n) is 12.0. The summed E-state index contributed by atoms with van der Waals surface area (Å²) in [4.78, 5) is 41.7.